The molecule has 0 bridgehead atoms. The number of rotatable bonds is 6. The first-order valence-electron chi connectivity index (χ1n) is 7.79. The quantitative estimate of drug-likeness (QED) is 0.875. The van der Waals surface area contributed by atoms with Crippen LogP contribution < -0.4 is 9.47 Å². The molecule has 1 aromatic rings. The maximum absolute atomic E-state index is 9.31. The molecule has 4 nitrogen and oxygen atoms in total. The van der Waals surface area contributed by atoms with Crippen LogP contribution in [0.4, 0.5) is 0 Å². The molecular weight excluding hydrogens is 266 g/mol. The van der Waals surface area contributed by atoms with Crippen molar-refractivity contribution < 1.29 is 14.6 Å². The fourth-order valence-corrected chi connectivity index (χ4v) is 2.86. The van der Waals surface area contributed by atoms with Gasteiger partial charge in [0.25, 0.3) is 0 Å². The van der Waals surface area contributed by atoms with Gasteiger partial charge in [-0.25, -0.2) is 0 Å². The number of hydrogen-bond donors (Lipinski definition) is 1. The number of hydrogen-bond acceptors (Lipinski definition) is 4. The van der Waals surface area contributed by atoms with Crippen LogP contribution in [-0.2, 0) is 6.54 Å². The first kappa shape index (κ1) is 16.1. The smallest absolute Gasteiger partial charge is 0.161 e. The number of likely N-dealkylation sites (tertiary alicyclic amines) is 1. The molecule has 1 unspecified atom stereocenters. The maximum atomic E-state index is 9.31. The van der Waals surface area contributed by atoms with Gasteiger partial charge in [-0.05, 0) is 56.8 Å². The Kier molecular flexibility index (Phi) is 5.88. The van der Waals surface area contributed by atoms with Crippen molar-refractivity contribution in [1.29, 1.82) is 0 Å². The molecule has 0 spiro atoms. The third kappa shape index (κ3) is 4.61. The van der Waals surface area contributed by atoms with Crippen LogP contribution in [0, 0.1) is 5.92 Å². The van der Waals surface area contributed by atoms with Crippen molar-refractivity contribution in [3.8, 4) is 11.5 Å². The lowest BCUT2D eigenvalue weighted by Gasteiger charge is -2.31. The van der Waals surface area contributed by atoms with Gasteiger partial charge in [-0.1, -0.05) is 6.07 Å². The van der Waals surface area contributed by atoms with Gasteiger partial charge < -0.3 is 14.6 Å². The van der Waals surface area contributed by atoms with E-state index < -0.39 is 0 Å². The summed E-state index contributed by atoms with van der Waals surface area (Å²) >= 11 is 0. The molecule has 1 aliphatic heterocycles. The molecule has 1 heterocycles. The number of aliphatic hydroxyl groups excluding tert-OH is 1. The highest BCUT2D eigenvalue weighted by atomic mass is 16.5. The zero-order valence-corrected chi connectivity index (χ0v) is 13.3. The van der Waals surface area contributed by atoms with E-state index in [4.69, 9.17) is 9.47 Å². The van der Waals surface area contributed by atoms with E-state index in [1.165, 1.54) is 5.56 Å². The lowest BCUT2D eigenvalue weighted by molar-refractivity contribution is 0.116. The molecule has 1 atom stereocenters. The van der Waals surface area contributed by atoms with E-state index in [0.717, 1.165) is 44.0 Å². The topological polar surface area (TPSA) is 41.9 Å². The van der Waals surface area contributed by atoms with Gasteiger partial charge in [0, 0.05) is 19.7 Å². The highest BCUT2D eigenvalue weighted by Gasteiger charge is 2.19. The minimum absolute atomic E-state index is 0.136. The molecule has 118 valence electrons. The highest BCUT2D eigenvalue weighted by molar-refractivity contribution is 5.43. The van der Waals surface area contributed by atoms with Crippen molar-refractivity contribution in [3.05, 3.63) is 23.8 Å². The van der Waals surface area contributed by atoms with Crippen molar-refractivity contribution in [1.82, 2.24) is 4.90 Å². The van der Waals surface area contributed by atoms with E-state index in [-0.39, 0.29) is 6.10 Å². The van der Waals surface area contributed by atoms with Crippen LogP contribution in [0.25, 0.3) is 0 Å². The van der Waals surface area contributed by atoms with Crippen LogP contribution in [0.3, 0.4) is 0 Å². The summed E-state index contributed by atoms with van der Waals surface area (Å²) in [6, 6.07) is 6.14. The fourth-order valence-electron chi connectivity index (χ4n) is 2.86. The van der Waals surface area contributed by atoms with Crippen LogP contribution in [0.2, 0.25) is 0 Å². The number of aliphatic hydroxyl groups is 1. The molecule has 0 aromatic heterocycles. The Morgan fingerprint density at radius 1 is 1.33 bits per heavy atom. The molecule has 2 rings (SSSR count). The summed E-state index contributed by atoms with van der Waals surface area (Å²) in [6.45, 7) is 7.29. The summed E-state index contributed by atoms with van der Waals surface area (Å²) < 4.78 is 11.2. The number of benzene rings is 1. The second kappa shape index (κ2) is 7.66. The number of piperidine rings is 1. The van der Waals surface area contributed by atoms with Crippen LogP contribution >= 0.6 is 0 Å². The van der Waals surface area contributed by atoms with Gasteiger partial charge >= 0.3 is 0 Å². The first-order valence-corrected chi connectivity index (χ1v) is 7.79. The molecule has 4 heteroatoms. The van der Waals surface area contributed by atoms with Crippen molar-refractivity contribution >= 4 is 0 Å². The Bertz CT molecular complexity index is 448. The van der Waals surface area contributed by atoms with E-state index >= 15 is 0 Å². The van der Waals surface area contributed by atoms with Crippen LogP contribution in [0.5, 0.6) is 11.5 Å². The predicted molar refractivity (Wildman–Crippen MR) is 83.8 cm³/mol. The molecule has 0 amide bonds. The summed E-state index contributed by atoms with van der Waals surface area (Å²) in [4.78, 5) is 2.40. The Hall–Kier alpha value is -1.26. The van der Waals surface area contributed by atoms with Gasteiger partial charge in [0.05, 0.1) is 13.2 Å². The number of ether oxygens (including phenoxy) is 2. The molecule has 1 aliphatic rings. The second-order valence-corrected chi connectivity index (χ2v) is 6.08. The minimum atomic E-state index is 0.136. The zero-order chi connectivity index (χ0) is 15.2. The summed E-state index contributed by atoms with van der Waals surface area (Å²) in [6.07, 6.45) is 2.44. The van der Waals surface area contributed by atoms with Crippen LogP contribution in [-0.4, -0.2) is 42.9 Å². The minimum Gasteiger partial charge on any atom is -0.493 e. The first-order chi connectivity index (χ1) is 10.1. The largest absolute Gasteiger partial charge is 0.493 e. The van der Waals surface area contributed by atoms with Gasteiger partial charge in [-0.3, -0.25) is 4.90 Å². The zero-order valence-electron chi connectivity index (χ0n) is 13.3. The van der Waals surface area contributed by atoms with Crippen molar-refractivity contribution in [2.24, 2.45) is 5.92 Å². The third-order valence-corrected chi connectivity index (χ3v) is 3.86. The van der Waals surface area contributed by atoms with Gasteiger partial charge in [-0.15, -0.1) is 0 Å². The molecule has 0 saturated carbocycles. The van der Waals surface area contributed by atoms with E-state index in [1.807, 2.05) is 19.9 Å². The molecule has 1 aromatic carbocycles. The van der Waals surface area contributed by atoms with Gasteiger partial charge in [0.1, 0.15) is 0 Å². The summed E-state index contributed by atoms with van der Waals surface area (Å²) in [5.74, 6) is 2.00. The molecule has 0 radical (unpaired) electrons. The lowest BCUT2D eigenvalue weighted by Crippen LogP contribution is -2.36. The van der Waals surface area contributed by atoms with Crippen LogP contribution in [0.15, 0.2) is 18.2 Å². The molecule has 1 N–H and O–H groups in total. The molecule has 1 fully saturated rings. The van der Waals surface area contributed by atoms with E-state index in [2.05, 4.69) is 17.0 Å². The summed E-state index contributed by atoms with van der Waals surface area (Å²) in [7, 11) is 1.68. The van der Waals surface area contributed by atoms with E-state index in [1.54, 1.807) is 7.11 Å². The molecule has 21 heavy (non-hydrogen) atoms. The van der Waals surface area contributed by atoms with Crippen molar-refractivity contribution in [3.63, 3.8) is 0 Å². The average molecular weight is 293 g/mol. The second-order valence-electron chi connectivity index (χ2n) is 6.08. The van der Waals surface area contributed by atoms with Gasteiger partial charge in [-0.2, -0.15) is 0 Å². The fraction of sp³-hybridized carbons (Fsp3) is 0.647. The van der Waals surface area contributed by atoms with Crippen LogP contribution in [0.1, 0.15) is 32.3 Å². The summed E-state index contributed by atoms with van der Waals surface area (Å²) in [5.41, 5.74) is 1.22. The number of methoxy groups -OCH3 is 1. The average Bonchev–Trinajstić information content (AvgIpc) is 2.48. The van der Waals surface area contributed by atoms with Gasteiger partial charge in [0.15, 0.2) is 11.5 Å². The van der Waals surface area contributed by atoms with Gasteiger partial charge in [0.2, 0.25) is 0 Å². The summed E-state index contributed by atoms with van der Waals surface area (Å²) in [5, 5.41) is 9.31. The molecule has 1 saturated heterocycles. The lowest BCUT2D eigenvalue weighted by atomic mass is 9.98. The van der Waals surface area contributed by atoms with Crippen molar-refractivity contribution in [2.45, 2.75) is 39.3 Å². The third-order valence-electron chi connectivity index (χ3n) is 3.86. The number of nitrogens with zero attached hydrogens (tertiary/aromatic N) is 1. The maximum Gasteiger partial charge on any atom is 0.161 e. The van der Waals surface area contributed by atoms with E-state index in [0.29, 0.717) is 12.5 Å². The Balaban J connectivity index is 2.03. The normalized spacial score (nSPS) is 19.8. The Morgan fingerprint density at radius 3 is 2.81 bits per heavy atom. The van der Waals surface area contributed by atoms with E-state index in [9.17, 15) is 5.11 Å². The van der Waals surface area contributed by atoms with Crippen molar-refractivity contribution in [2.75, 3.05) is 26.8 Å². The standard InChI is InChI=1S/C17H27NO3/c1-13(2)21-16-7-6-14(9-17(16)20-3)10-18-8-4-5-15(11-18)12-19/h6-7,9,13,15,19H,4-5,8,10-12H2,1-3H3. The Morgan fingerprint density at radius 2 is 2.14 bits per heavy atom. The predicted octanol–water partition coefficient (Wildman–Crippen LogP) is 2.69. The SMILES string of the molecule is COc1cc(CN2CCCC(CO)C2)ccc1OC(C)C. The highest BCUT2D eigenvalue weighted by Crippen LogP contribution is 2.30. The Labute approximate surface area is 127 Å². The molecular formula is C17H27NO3. The monoisotopic (exact) mass is 293 g/mol. The molecule has 0 aliphatic carbocycles.